The van der Waals surface area contributed by atoms with E-state index in [4.69, 9.17) is 4.42 Å². The van der Waals surface area contributed by atoms with Crippen LogP contribution in [0.3, 0.4) is 0 Å². The van der Waals surface area contributed by atoms with Gasteiger partial charge in [0, 0.05) is 19.3 Å². The highest BCUT2D eigenvalue weighted by atomic mass is 16.3. The fourth-order valence-electron chi connectivity index (χ4n) is 2.54. The molecule has 0 unspecified atom stereocenters. The minimum absolute atomic E-state index is 0.592. The minimum atomic E-state index is -0.665. The third kappa shape index (κ3) is 1.65. The lowest BCUT2D eigenvalue weighted by Crippen LogP contribution is -2.31. The van der Waals surface area contributed by atoms with Crippen molar-refractivity contribution in [3.63, 3.8) is 0 Å². The van der Waals surface area contributed by atoms with Gasteiger partial charge < -0.3 is 9.52 Å². The van der Waals surface area contributed by atoms with Crippen molar-refractivity contribution in [3.05, 3.63) is 59.5 Å². The van der Waals surface area contributed by atoms with Gasteiger partial charge in [0.1, 0.15) is 5.76 Å². The van der Waals surface area contributed by atoms with Gasteiger partial charge in [-0.25, -0.2) is 0 Å². The maximum atomic E-state index is 10.5. The Bertz CT molecular complexity index is 455. The summed E-state index contributed by atoms with van der Waals surface area (Å²) in [5.74, 6) is 0.857. The lowest BCUT2D eigenvalue weighted by Gasteiger charge is -2.20. The van der Waals surface area contributed by atoms with Crippen LogP contribution in [0.1, 0.15) is 16.9 Å². The molecule has 1 aromatic carbocycles. The molecule has 0 radical (unpaired) electrons. The van der Waals surface area contributed by atoms with Gasteiger partial charge >= 0.3 is 0 Å². The van der Waals surface area contributed by atoms with Crippen LogP contribution in [0.15, 0.2) is 47.1 Å². The van der Waals surface area contributed by atoms with Crippen molar-refractivity contribution in [1.82, 2.24) is 0 Å². The molecule has 2 heteroatoms. The molecular weight excluding hydrogens is 200 g/mol. The number of benzene rings is 1. The Hall–Kier alpha value is -1.54. The number of aliphatic hydroxyl groups is 1. The molecule has 2 aromatic rings. The summed E-state index contributed by atoms with van der Waals surface area (Å²) in [6.45, 7) is 0. The van der Waals surface area contributed by atoms with Crippen LogP contribution < -0.4 is 0 Å². The summed E-state index contributed by atoms with van der Waals surface area (Å²) in [6, 6.07) is 12.0. The van der Waals surface area contributed by atoms with Crippen LogP contribution in [0, 0.1) is 0 Å². The highest BCUT2D eigenvalue weighted by molar-refractivity contribution is 5.35. The van der Waals surface area contributed by atoms with E-state index in [0.29, 0.717) is 6.42 Å². The predicted octanol–water partition coefficient (Wildman–Crippen LogP) is 2.35. The molecule has 1 aliphatic rings. The van der Waals surface area contributed by atoms with Crippen molar-refractivity contribution >= 4 is 0 Å². The SMILES string of the molecule is OC1(Cc2ccco2)Cc2ccccc2C1. The first-order chi connectivity index (χ1) is 7.75. The zero-order valence-corrected chi connectivity index (χ0v) is 9.02. The fourth-order valence-corrected chi connectivity index (χ4v) is 2.54. The molecule has 3 rings (SSSR count). The summed E-state index contributed by atoms with van der Waals surface area (Å²) in [6.07, 6.45) is 3.70. The first-order valence-electron chi connectivity index (χ1n) is 5.57. The molecule has 0 bridgehead atoms. The number of furan rings is 1. The van der Waals surface area contributed by atoms with E-state index in [-0.39, 0.29) is 0 Å². The van der Waals surface area contributed by atoms with Crippen molar-refractivity contribution in [2.24, 2.45) is 0 Å². The summed E-state index contributed by atoms with van der Waals surface area (Å²) < 4.78 is 5.30. The Balaban J connectivity index is 1.83. The van der Waals surface area contributed by atoms with Crippen molar-refractivity contribution in [3.8, 4) is 0 Å². The monoisotopic (exact) mass is 214 g/mol. The van der Waals surface area contributed by atoms with E-state index >= 15 is 0 Å². The third-order valence-corrected chi connectivity index (χ3v) is 3.24. The van der Waals surface area contributed by atoms with Gasteiger partial charge in [-0.05, 0) is 23.3 Å². The topological polar surface area (TPSA) is 33.4 Å². The molecule has 16 heavy (non-hydrogen) atoms. The molecule has 82 valence electrons. The number of rotatable bonds is 2. The van der Waals surface area contributed by atoms with E-state index in [1.165, 1.54) is 11.1 Å². The normalized spacial score (nSPS) is 17.3. The smallest absolute Gasteiger partial charge is 0.106 e. The largest absolute Gasteiger partial charge is 0.469 e. The molecule has 1 heterocycles. The minimum Gasteiger partial charge on any atom is -0.469 e. The number of fused-ring (bicyclic) bond motifs is 1. The van der Waals surface area contributed by atoms with Crippen LogP contribution in [0.2, 0.25) is 0 Å². The molecular formula is C14H14O2. The average Bonchev–Trinajstić information content (AvgIpc) is 2.83. The van der Waals surface area contributed by atoms with Crippen LogP contribution in [-0.2, 0) is 19.3 Å². The van der Waals surface area contributed by atoms with Crippen molar-refractivity contribution in [2.75, 3.05) is 0 Å². The van der Waals surface area contributed by atoms with E-state index in [9.17, 15) is 5.11 Å². The molecule has 0 fully saturated rings. The molecule has 1 aromatic heterocycles. The Labute approximate surface area is 94.5 Å². The van der Waals surface area contributed by atoms with E-state index in [0.717, 1.165) is 18.6 Å². The molecule has 1 N–H and O–H groups in total. The van der Waals surface area contributed by atoms with Gasteiger partial charge in [0.25, 0.3) is 0 Å². The van der Waals surface area contributed by atoms with Gasteiger partial charge in [0.05, 0.1) is 11.9 Å². The standard InChI is InChI=1S/C14H14O2/c15-14(10-13-6-3-7-16-13)8-11-4-1-2-5-12(11)9-14/h1-7,15H,8-10H2. The van der Waals surface area contributed by atoms with E-state index < -0.39 is 5.60 Å². The Morgan fingerprint density at radius 1 is 1.06 bits per heavy atom. The van der Waals surface area contributed by atoms with Crippen molar-refractivity contribution in [2.45, 2.75) is 24.9 Å². The summed E-state index contributed by atoms with van der Waals surface area (Å²) >= 11 is 0. The Morgan fingerprint density at radius 2 is 1.75 bits per heavy atom. The summed E-state index contributed by atoms with van der Waals surface area (Å²) in [5, 5.41) is 10.5. The molecule has 0 amide bonds. The van der Waals surface area contributed by atoms with Gasteiger partial charge in [-0.2, -0.15) is 0 Å². The molecule has 0 aliphatic heterocycles. The highest BCUT2D eigenvalue weighted by Gasteiger charge is 2.35. The second kappa shape index (κ2) is 3.49. The first kappa shape index (κ1) is 9.67. The van der Waals surface area contributed by atoms with Gasteiger partial charge in [-0.15, -0.1) is 0 Å². The summed E-state index contributed by atoms with van der Waals surface area (Å²) in [4.78, 5) is 0. The molecule has 0 saturated heterocycles. The lowest BCUT2D eigenvalue weighted by molar-refractivity contribution is 0.0466. The summed E-state index contributed by atoms with van der Waals surface area (Å²) in [5.41, 5.74) is 1.86. The molecule has 0 saturated carbocycles. The quantitative estimate of drug-likeness (QED) is 0.832. The van der Waals surface area contributed by atoms with Crippen molar-refractivity contribution < 1.29 is 9.52 Å². The average molecular weight is 214 g/mol. The lowest BCUT2D eigenvalue weighted by atomic mass is 9.95. The van der Waals surface area contributed by atoms with Crippen LogP contribution >= 0.6 is 0 Å². The van der Waals surface area contributed by atoms with Crippen molar-refractivity contribution in [1.29, 1.82) is 0 Å². The number of hydrogen-bond donors (Lipinski definition) is 1. The van der Waals surface area contributed by atoms with Gasteiger partial charge in [-0.3, -0.25) is 0 Å². The van der Waals surface area contributed by atoms with Gasteiger partial charge in [-0.1, -0.05) is 24.3 Å². The fraction of sp³-hybridized carbons (Fsp3) is 0.286. The molecule has 0 atom stereocenters. The van der Waals surface area contributed by atoms with Crippen LogP contribution in [0.25, 0.3) is 0 Å². The molecule has 2 nitrogen and oxygen atoms in total. The molecule has 1 aliphatic carbocycles. The molecule has 0 spiro atoms. The third-order valence-electron chi connectivity index (χ3n) is 3.24. The second-order valence-electron chi connectivity index (χ2n) is 4.60. The first-order valence-corrected chi connectivity index (χ1v) is 5.57. The zero-order chi connectivity index (χ0) is 11.0. The van der Waals surface area contributed by atoms with Gasteiger partial charge in [0.15, 0.2) is 0 Å². The predicted molar refractivity (Wildman–Crippen MR) is 61.2 cm³/mol. The summed E-state index contributed by atoms with van der Waals surface area (Å²) in [7, 11) is 0. The van der Waals surface area contributed by atoms with Gasteiger partial charge in [0.2, 0.25) is 0 Å². The maximum Gasteiger partial charge on any atom is 0.106 e. The van der Waals surface area contributed by atoms with E-state index in [2.05, 4.69) is 12.1 Å². The second-order valence-corrected chi connectivity index (χ2v) is 4.60. The van der Waals surface area contributed by atoms with E-state index in [1.54, 1.807) is 6.26 Å². The van der Waals surface area contributed by atoms with Crippen LogP contribution in [0.5, 0.6) is 0 Å². The highest BCUT2D eigenvalue weighted by Crippen LogP contribution is 2.32. The van der Waals surface area contributed by atoms with E-state index in [1.807, 2.05) is 24.3 Å². The van der Waals surface area contributed by atoms with Crippen LogP contribution in [0.4, 0.5) is 0 Å². The Morgan fingerprint density at radius 3 is 2.31 bits per heavy atom. The zero-order valence-electron chi connectivity index (χ0n) is 9.02. The Kier molecular flexibility index (Phi) is 2.11. The number of hydrogen-bond acceptors (Lipinski definition) is 2. The van der Waals surface area contributed by atoms with Crippen LogP contribution in [-0.4, -0.2) is 10.7 Å². The maximum absolute atomic E-state index is 10.5.